The summed E-state index contributed by atoms with van der Waals surface area (Å²) < 4.78 is 24.7. The van der Waals surface area contributed by atoms with Crippen LogP contribution >= 0.6 is 0 Å². The molecule has 1 heterocycles. The van der Waals surface area contributed by atoms with Gasteiger partial charge in [0.05, 0.1) is 18.9 Å². The Bertz CT molecular complexity index is 1900. The number of methoxy groups -OCH3 is 1. The molecule has 5 aromatic rings. The third kappa shape index (κ3) is 8.45. The molecule has 6 nitrogen and oxygen atoms in total. The van der Waals surface area contributed by atoms with Crippen molar-refractivity contribution in [3.05, 3.63) is 174 Å². The van der Waals surface area contributed by atoms with Gasteiger partial charge in [0, 0.05) is 18.6 Å². The first-order valence-corrected chi connectivity index (χ1v) is 21.1. The molecule has 0 fully saturated rings. The third-order valence-corrected chi connectivity index (χ3v) is 9.73. The van der Waals surface area contributed by atoms with Crippen LogP contribution in [0.2, 0.25) is 19.6 Å². The Morgan fingerprint density at radius 2 is 1.25 bits per heavy atom. The number of ether oxygens (including phenoxy) is 4. The average molecular weight is 708 g/mol. The molecule has 0 saturated heterocycles. The van der Waals surface area contributed by atoms with Gasteiger partial charge in [-0.05, 0) is 46.5 Å². The average Bonchev–Trinajstić information content (AvgIpc) is 3.17. The van der Waals surface area contributed by atoms with Crippen molar-refractivity contribution in [1.82, 2.24) is 0 Å². The monoisotopic (exact) mass is 707 g/mol. The van der Waals surface area contributed by atoms with Gasteiger partial charge >= 0.3 is 6.09 Å². The van der Waals surface area contributed by atoms with Gasteiger partial charge in [0.2, 0.25) is 0 Å². The molecule has 0 saturated carbocycles. The fourth-order valence-corrected chi connectivity index (χ4v) is 7.09. The van der Waals surface area contributed by atoms with E-state index in [0.717, 1.165) is 27.8 Å². The number of carbonyl (C=O) groups excluding carboxylic acids is 1. The van der Waals surface area contributed by atoms with E-state index in [1.807, 2.05) is 97.1 Å². The molecular formula is C45H45NO5Si. The number of hydrogen-bond donors (Lipinski definition) is 0. The summed E-state index contributed by atoms with van der Waals surface area (Å²) in [5.41, 5.74) is 8.20. The summed E-state index contributed by atoms with van der Waals surface area (Å²) >= 11 is 0. The lowest BCUT2D eigenvalue weighted by atomic mass is 9.79. The molecular weight excluding hydrogens is 663 g/mol. The van der Waals surface area contributed by atoms with Crippen molar-refractivity contribution in [1.29, 1.82) is 0 Å². The quantitative estimate of drug-likeness (QED) is 0.0425. The Labute approximate surface area is 308 Å². The standard InChI is InChI=1S/C45H45NO5Si/c1-48-34-49-32-35(33-50-45(36-19-9-5-10-20-36,37-21-11-6-12-22-37)38-23-13-7-14-24-38)42-31-39(29-30-52(2,3)4)46(43-28-18-17-27-41(42)43)44(47)51-40-25-15-8-16-26-40/h5-28,31,35,39H,32-34H2,1-4H3/t35-,39+/m1/s1. The molecule has 52 heavy (non-hydrogen) atoms. The second-order valence-corrected chi connectivity index (χ2v) is 18.5. The molecule has 0 radical (unpaired) electrons. The number of hydrogen-bond acceptors (Lipinski definition) is 5. The maximum atomic E-state index is 14.0. The van der Waals surface area contributed by atoms with Crippen LogP contribution in [-0.4, -0.2) is 47.3 Å². The molecule has 0 spiro atoms. The molecule has 1 aliphatic heterocycles. The van der Waals surface area contributed by atoms with Crippen molar-refractivity contribution in [2.45, 2.75) is 31.3 Å². The summed E-state index contributed by atoms with van der Waals surface area (Å²) in [7, 11) is -0.219. The smallest absolute Gasteiger partial charge is 0.410 e. The van der Waals surface area contributed by atoms with E-state index >= 15 is 0 Å². The second-order valence-electron chi connectivity index (χ2n) is 13.7. The van der Waals surface area contributed by atoms with Gasteiger partial charge in [-0.1, -0.05) is 153 Å². The highest BCUT2D eigenvalue weighted by atomic mass is 28.3. The molecule has 1 amide bonds. The minimum atomic E-state index is -1.83. The maximum absolute atomic E-state index is 14.0. The molecule has 7 heteroatoms. The first-order valence-electron chi connectivity index (χ1n) is 17.6. The molecule has 5 aromatic carbocycles. The van der Waals surface area contributed by atoms with Crippen LogP contribution < -0.4 is 9.64 Å². The minimum absolute atomic E-state index is 0.126. The molecule has 1 aliphatic rings. The van der Waals surface area contributed by atoms with E-state index in [1.165, 1.54) is 0 Å². The molecule has 2 atom stereocenters. The summed E-state index contributed by atoms with van der Waals surface area (Å²) in [6, 6.07) is 47.5. The number of para-hydroxylation sites is 2. The highest BCUT2D eigenvalue weighted by Crippen LogP contribution is 2.43. The zero-order valence-corrected chi connectivity index (χ0v) is 31.2. The number of anilines is 1. The van der Waals surface area contributed by atoms with Gasteiger partial charge in [-0.3, -0.25) is 4.90 Å². The Kier molecular flexibility index (Phi) is 11.8. The van der Waals surface area contributed by atoms with Crippen LogP contribution in [-0.2, 0) is 19.8 Å². The predicted molar refractivity (Wildman–Crippen MR) is 211 cm³/mol. The Morgan fingerprint density at radius 3 is 1.79 bits per heavy atom. The molecule has 0 aliphatic carbocycles. The van der Waals surface area contributed by atoms with Crippen molar-refractivity contribution in [2.75, 3.05) is 32.0 Å². The summed E-state index contributed by atoms with van der Waals surface area (Å²) in [6.07, 6.45) is 1.59. The number of rotatable bonds is 12. The number of benzene rings is 5. The topological polar surface area (TPSA) is 57.2 Å². The van der Waals surface area contributed by atoms with Crippen LogP contribution in [0.25, 0.3) is 5.57 Å². The third-order valence-electron chi connectivity index (χ3n) is 8.83. The van der Waals surface area contributed by atoms with Gasteiger partial charge in [-0.25, -0.2) is 4.79 Å². The van der Waals surface area contributed by atoms with E-state index < -0.39 is 25.8 Å². The Hall–Kier alpha value is -5.23. The van der Waals surface area contributed by atoms with E-state index in [2.05, 4.69) is 73.6 Å². The Morgan fingerprint density at radius 1 is 0.731 bits per heavy atom. The fraction of sp³-hybridized carbons (Fsp3) is 0.222. The largest absolute Gasteiger partial charge is 0.421 e. The van der Waals surface area contributed by atoms with E-state index in [4.69, 9.17) is 18.9 Å². The minimum Gasteiger partial charge on any atom is -0.410 e. The van der Waals surface area contributed by atoms with Crippen LogP contribution in [0.4, 0.5) is 10.5 Å². The highest BCUT2D eigenvalue weighted by Gasteiger charge is 2.40. The second kappa shape index (κ2) is 16.9. The molecule has 0 aromatic heterocycles. The van der Waals surface area contributed by atoms with Crippen molar-refractivity contribution in [3.8, 4) is 17.2 Å². The maximum Gasteiger partial charge on any atom is 0.421 e. The first-order chi connectivity index (χ1) is 25.3. The number of carbonyl (C=O) groups is 1. The van der Waals surface area contributed by atoms with Crippen LogP contribution in [0, 0.1) is 17.4 Å². The van der Waals surface area contributed by atoms with E-state index in [-0.39, 0.29) is 19.3 Å². The summed E-state index contributed by atoms with van der Waals surface area (Å²) in [6.45, 7) is 7.30. The van der Waals surface area contributed by atoms with Crippen LogP contribution in [0.3, 0.4) is 0 Å². The SMILES string of the molecule is COCOC[C@H](COC(c1ccccc1)(c1ccccc1)c1ccccc1)C1=C[C@H](C#C[Si](C)(C)C)N(C(=O)Oc2ccccc2)c2ccccc21. The zero-order chi connectivity index (χ0) is 36.4. The summed E-state index contributed by atoms with van der Waals surface area (Å²) in [4.78, 5) is 15.7. The lowest BCUT2D eigenvalue weighted by Gasteiger charge is -2.39. The molecule has 0 bridgehead atoms. The molecule has 6 rings (SSSR count). The normalized spacial score (nSPS) is 14.7. The first kappa shape index (κ1) is 36.6. The van der Waals surface area contributed by atoms with Gasteiger partial charge in [-0.15, -0.1) is 5.54 Å². The highest BCUT2D eigenvalue weighted by molar-refractivity contribution is 6.83. The van der Waals surface area contributed by atoms with Crippen molar-refractivity contribution >= 4 is 25.4 Å². The predicted octanol–water partition coefficient (Wildman–Crippen LogP) is 9.58. The number of amides is 1. The number of nitrogens with zero attached hydrogens (tertiary/aromatic N) is 1. The lowest BCUT2D eigenvalue weighted by molar-refractivity contribution is -0.0593. The zero-order valence-electron chi connectivity index (χ0n) is 30.2. The van der Waals surface area contributed by atoms with Crippen molar-refractivity contribution < 1.29 is 23.7 Å². The fourth-order valence-electron chi connectivity index (χ4n) is 6.51. The van der Waals surface area contributed by atoms with E-state index in [1.54, 1.807) is 24.1 Å². The van der Waals surface area contributed by atoms with Crippen LogP contribution in [0.15, 0.2) is 152 Å². The molecule has 0 unspecified atom stereocenters. The van der Waals surface area contributed by atoms with Gasteiger partial charge in [0.25, 0.3) is 0 Å². The van der Waals surface area contributed by atoms with Gasteiger partial charge < -0.3 is 18.9 Å². The van der Waals surface area contributed by atoms with Crippen molar-refractivity contribution in [2.24, 2.45) is 5.92 Å². The van der Waals surface area contributed by atoms with E-state index in [9.17, 15) is 4.79 Å². The van der Waals surface area contributed by atoms with E-state index in [0.29, 0.717) is 18.0 Å². The van der Waals surface area contributed by atoms with Crippen LogP contribution in [0.1, 0.15) is 22.3 Å². The van der Waals surface area contributed by atoms with Crippen molar-refractivity contribution in [3.63, 3.8) is 0 Å². The lowest BCUT2D eigenvalue weighted by Crippen LogP contribution is -2.44. The molecule has 264 valence electrons. The van der Waals surface area contributed by atoms with Gasteiger partial charge in [-0.2, -0.15) is 0 Å². The summed E-state index contributed by atoms with van der Waals surface area (Å²) in [5, 5.41) is 0. The van der Waals surface area contributed by atoms with Crippen LogP contribution in [0.5, 0.6) is 5.75 Å². The van der Waals surface area contributed by atoms with Gasteiger partial charge in [0.1, 0.15) is 32.3 Å². The number of fused-ring (bicyclic) bond motifs is 1. The summed E-state index contributed by atoms with van der Waals surface area (Å²) in [5.74, 6) is 3.67. The Balaban J connectivity index is 1.47. The molecule has 0 N–H and O–H groups in total. The van der Waals surface area contributed by atoms with Gasteiger partial charge in [0.15, 0.2) is 0 Å².